The predicted octanol–water partition coefficient (Wildman–Crippen LogP) is -1.66. The van der Waals surface area contributed by atoms with E-state index in [-0.39, 0.29) is 0 Å². The van der Waals surface area contributed by atoms with E-state index in [2.05, 4.69) is 0 Å². The summed E-state index contributed by atoms with van der Waals surface area (Å²) < 4.78 is 18.3. The van der Waals surface area contributed by atoms with E-state index in [4.69, 9.17) is 4.74 Å². The molecule has 0 aromatic rings. The summed E-state index contributed by atoms with van der Waals surface area (Å²) in [4.78, 5) is 23.2. The molecule has 2 heterocycles. The molecule has 8 heteroatoms. The third-order valence-corrected chi connectivity index (χ3v) is 2.92. The van der Waals surface area contributed by atoms with Gasteiger partial charge < -0.3 is 14.9 Å². The molecule has 0 aromatic carbocycles. The summed E-state index contributed by atoms with van der Waals surface area (Å²) in [6, 6.07) is -0.839. The number of nitrogens with zero attached hydrogens (tertiary/aromatic N) is 1. The maximum atomic E-state index is 13.2. The van der Waals surface area contributed by atoms with Crippen molar-refractivity contribution >= 4 is 11.9 Å². The van der Waals surface area contributed by atoms with Crippen LogP contribution < -0.4 is 5.32 Å². The van der Waals surface area contributed by atoms with Crippen LogP contribution in [0.25, 0.3) is 0 Å². The first-order valence-corrected chi connectivity index (χ1v) is 5.19. The van der Waals surface area contributed by atoms with Crippen molar-refractivity contribution in [2.24, 2.45) is 0 Å². The van der Waals surface area contributed by atoms with Gasteiger partial charge in [-0.25, -0.2) is 9.18 Å². The van der Waals surface area contributed by atoms with Gasteiger partial charge in [-0.1, -0.05) is 0 Å². The van der Waals surface area contributed by atoms with Crippen LogP contribution in [-0.2, 0) is 9.53 Å². The topological polar surface area (TPSA) is 99.1 Å². The van der Waals surface area contributed by atoms with Crippen LogP contribution >= 0.6 is 0 Å². The number of rotatable bonds is 1. The first kappa shape index (κ1) is 12.2. The number of urea groups is 1. The first-order valence-electron chi connectivity index (χ1n) is 5.19. The Bertz CT molecular complexity index is 352. The zero-order valence-electron chi connectivity index (χ0n) is 9.04. The van der Waals surface area contributed by atoms with Gasteiger partial charge in [-0.15, -0.1) is 0 Å². The zero-order chi connectivity index (χ0) is 12.7. The van der Waals surface area contributed by atoms with E-state index in [1.165, 1.54) is 6.92 Å². The molecular weight excluding hydrogens is 235 g/mol. The zero-order valence-corrected chi connectivity index (χ0v) is 9.04. The minimum absolute atomic E-state index is 0.494. The summed E-state index contributed by atoms with van der Waals surface area (Å²) in [7, 11) is 0. The maximum Gasteiger partial charge on any atom is 0.326 e. The van der Waals surface area contributed by atoms with E-state index in [1.54, 1.807) is 5.32 Å². The summed E-state index contributed by atoms with van der Waals surface area (Å²) >= 11 is 0. The van der Waals surface area contributed by atoms with Gasteiger partial charge in [-0.3, -0.25) is 15.0 Å². The molecule has 2 aliphatic rings. The molecule has 17 heavy (non-hydrogen) atoms. The Labute approximate surface area is 96.1 Å². The van der Waals surface area contributed by atoms with Gasteiger partial charge >= 0.3 is 6.03 Å². The van der Waals surface area contributed by atoms with Crippen molar-refractivity contribution in [3.05, 3.63) is 0 Å². The van der Waals surface area contributed by atoms with Crippen LogP contribution in [0.3, 0.4) is 0 Å². The highest BCUT2D eigenvalue weighted by atomic mass is 19.1. The van der Waals surface area contributed by atoms with Crippen molar-refractivity contribution < 1.29 is 28.9 Å². The van der Waals surface area contributed by atoms with Gasteiger partial charge in [0.15, 0.2) is 12.4 Å². The molecule has 2 rings (SSSR count). The fraction of sp³-hybridized carbons (Fsp3) is 0.778. The third-order valence-electron chi connectivity index (χ3n) is 2.92. The number of aliphatic hydroxyl groups is 2. The number of hydrogen-bond donors (Lipinski definition) is 3. The van der Waals surface area contributed by atoms with Crippen LogP contribution in [0.1, 0.15) is 6.92 Å². The van der Waals surface area contributed by atoms with E-state index in [0.717, 1.165) is 4.90 Å². The molecule has 7 nitrogen and oxygen atoms in total. The molecule has 0 bridgehead atoms. The lowest BCUT2D eigenvalue weighted by atomic mass is 10.1. The minimum Gasteiger partial charge on any atom is -0.388 e. The second-order valence-electron chi connectivity index (χ2n) is 4.13. The third kappa shape index (κ3) is 1.99. The molecule has 4 unspecified atom stereocenters. The Hall–Kier alpha value is -1.25. The van der Waals surface area contributed by atoms with E-state index < -0.39 is 49.2 Å². The number of halogens is 1. The van der Waals surface area contributed by atoms with Crippen LogP contribution in [-0.4, -0.2) is 64.3 Å². The molecule has 0 aromatic heterocycles. The van der Waals surface area contributed by atoms with Crippen molar-refractivity contribution in [2.75, 3.05) is 6.54 Å². The van der Waals surface area contributed by atoms with Gasteiger partial charge in [0.1, 0.15) is 12.2 Å². The maximum absolute atomic E-state index is 13.2. The highest BCUT2D eigenvalue weighted by molar-refractivity contribution is 5.99. The average molecular weight is 248 g/mol. The van der Waals surface area contributed by atoms with Crippen molar-refractivity contribution in [3.63, 3.8) is 0 Å². The Morgan fingerprint density at radius 1 is 1.41 bits per heavy atom. The number of imide groups is 1. The number of nitrogens with one attached hydrogen (secondary N) is 1. The first-order chi connectivity index (χ1) is 7.91. The molecule has 5 atom stereocenters. The summed E-state index contributed by atoms with van der Waals surface area (Å²) in [6.45, 7) is 1.03. The van der Waals surface area contributed by atoms with Crippen molar-refractivity contribution in [1.29, 1.82) is 0 Å². The molecule has 96 valence electrons. The molecule has 3 amide bonds. The lowest BCUT2D eigenvalue weighted by molar-refractivity contribution is -0.131. The number of ether oxygens (including phenoxy) is 1. The van der Waals surface area contributed by atoms with Gasteiger partial charge in [-0.2, -0.15) is 0 Å². The van der Waals surface area contributed by atoms with E-state index >= 15 is 0 Å². The average Bonchev–Trinajstić information content (AvgIpc) is 2.51. The second kappa shape index (κ2) is 4.21. The van der Waals surface area contributed by atoms with Crippen LogP contribution in [0.5, 0.6) is 0 Å². The monoisotopic (exact) mass is 248 g/mol. The molecule has 2 fully saturated rings. The van der Waals surface area contributed by atoms with Crippen molar-refractivity contribution in [2.45, 2.75) is 37.6 Å². The lowest BCUT2D eigenvalue weighted by Crippen LogP contribution is -2.60. The number of amides is 3. The highest BCUT2D eigenvalue weighted by Gasteiger charge is 2.47. The molecular formula is C9H13FN2O5. The Morgan fingerprint density at radius 2 is 2.06 bits per heavy atom. The van der Waals surface area contributed by atoms with Crippen LogP contribution in [0.2, 0.25) is 0 Å². The van der Waals surface area contributed by atoms with E-state index in [1.807, 2.05) is 0 Å². The van der Waals surface area contributed by atoms with Crippen molar-refractivity contribution in [1.82, 2.24) is 10.2 Å². The largest absolute Gasteiger partial charge is 0.388 e. The molecule has 0 radical (unpaired) electrons. The number of carbonyl (C=O) groups excluding carboxylic acids is 2. The second-order valence-corrected chi connectivity index (χ2v) is 4.13. The van der Waals surface area contributed by atoms with Gasteiger partial charge in [-0.05, 0) is 6.92 Å². The summed E-state index contributed by atoms with van der Waals surface area (Å²) in [5, 5.41) is 20.9. The summed E-state index contributed by atoms with van der Waals surface area (Å²) in [5.74, 6) is -1.01. The van der Waals surface area contributed by atoms with Gasteiger partial charge in [0.05, 0.1) is 12.6 Å². The summed E-state index contributed by atoms with van der Waals surface area (Å²) in [6.07, 6.45) is -6.15. The lowest BCUT2D eigenvalue weighted by Gasteiger charge is -2.34. The van der Waals surface area contributed by atoms with Gasteiger partial charge in [0, 0.05) is 0 Å². The SMILES string of the molecule is CC1O[C@@H](N2CC(F)C(=O)NC2=O)C(O)C1O. The van der Waals surface area contributed by atoms with Gasteiger partial charge in [0.25, 0.3) is 5.91 Å². The van der Waals surface area contributed by atoms with Gasteiger partial charge in [0.2, 0.25) is 0 Å². The van der Waals surface area contributed by atoms with E-state index in [9.17, 15) is 24.2 Å². The number of hydrogen-bond acceptors (Lipinski definition) is 5. The minimum atomic E-state index is -1.86. The standard InChI is InChI=1S/C9H13FN2O5/c1-3-5(13)6(14)8(17-3)12-2-4(10)7(15)11-9(12)16/h3-6,8,13-14H,2H2,1H3,(H,11,15,16)/t3?,4?,5?,6?,8-/m1/s1. The fourth-order valence-corrected chi connectivity index (χ4v) is 1.90. The fourth-order valence-electron chi connectivity index (χ4n) is 1.90. The van der Waals surface area contributed by atoms with E-state index in [0.29, 0.717) is 0 Å². The molecule has 0 spiro atoms. The Kier molecular flexibility index (Phi) is 3.02. The smallest absolute Gasteiger partial charge is 0.326 e. The Morgan fingerprint density at radius 3 is 2.59 bits per heavy atom. The van der Waals surface area contributed by atoms with Crippen LogP contribution in [0.4, 0.5) is 9.18 Å². The molecule has 0 saturated carbocycles. The predicted molar refractivity (Wildman–Crippen MR) is 51.5 cm³/mol. The quantitative estimate of drug-likeness (QED) is 0.516. The summed E-state index contributed by atoms with van der Waals surface area (Å²) in [5.41, 5.74) is 0. The molecule has 0 aliphatic carbocycles. The molecule has 3 N–H and O–H groups in total. The number of carbonyl (C=O) groups is 2. The highest BCUT2D eigenvalue weighted by Crippen LogP contribution is 2.25. The Balaban J connectivity index is 2.12. The number of aliphatic hydroxyl groups excluding tert-OH is 2. The van der Waals surface area contributed by atoms with Crippen molar-refractivity contribution in [3.8, 4) is 0 Å². The van der Waals surface area contributed by atoms with Crippen LogP contribution in [0.15, 0.2) is 0 Å². The molecule has 2 aliphatic heterocycles. The normalized spacial score (nSPS) is 42.8. The molecule has 2 saturated heterocycles. The van der Waals surface area contributed by atoms with Crippen LogP contribution in [0, 0.1) is 0 Å². The number of alkyl halides is 1.